The number of amides is 1. The summed E-state index contributed by atoms with van der Waals surface area (Å²) >= 11 is 0. The fourth-order valence-corrected chi connectivity index (χ4v) is 3.84. The van der Waals surface area contributed by atoms with Crippen LogP contribution in [0.4, 0.5) is 0 Å². The molecule has 2 atom stereocenters. The first-order chi connectivity index (χ1) is 10.8. The standard InChI is InChI=1S/C17H19N5O/c1-10(2)15-14-7-22(11(3)23)5-4-12(14)13(6-18)16(21)17(15,8-19)9-20/h4,10,14-15H,5,7,21H2,1-3H3/t14-,15-/m0/s1. The molecular weight excluding hydrogens is 290 g/mol. The maximum Gasteiger partial charge on any atom is 0.219 e. The van der Waals surface area contributed by atoms with Crippen LogP contribution in [0.25, 0.3) is 0 Å². The van der Waals surface area contributed by atoms with Crippen molar-refractivity contribution < 1.29 is 4.79 Å². The lowest BCUT2D eigenvalue weighted by molar-refractivity contribution is -0.129. The van der Waals surface area contributed by atoms with Crippen LogP contribution in [0.2, 0.25) is 0 Å². The van der Waals surface area contributed by atoms with Crippen LogP contribution in [0, 0.1) is 57.2 Å². The average molecular weight is 309 g/mol. The van der Waals surface area contributed by atoms with Crippen LogP contribution in [-0.4, -0.2) is 23.9 Å². The zero-order chi connectivity index (χ0) is 17.4. The fraction of sp³-hybridized carbons (Fsp3) is 0.529. The third-order valence-corrected chi connectivity index (χ3v) is 4.89. The van der Waals surface area contributed by atoms with Crippen molar-refractivity contribution >= 4 is 5.91 Å². The molecule has 1 heterocycles. The normalized spacial score (nSPS) is 25.8. The van der Waals surface area contributed by atoms with Crippen LogP contribution in [0.3, 0.4) is 0 Å². The Kier molecular flexibility index (Phi) is 4.17. The highest BCUT2D eigenvalue weighted by molar-refractivity contribution is 5.74. The number of carbonyl (C=O) groups is 1. The molecule has 1 aliphatic carbocycles. The van der Waals surface area contributed by atoms with Gasteiger partial charge in [-0.05, 0) is 11.5 Å². The van der Waals surface area contributed by atoms with Gasteiger partial charge >= 0.3 is 0 Å². The van der Waals surface area contributed by atoms with Gasteiger partial charge in [-0.15, -0.1) is 0 Å². The Morgan fingerprint density at radius 1 is 1.39 bits per heavy atom. The van der Waals surface area contributed by atoms with E-state index in [0.717, 1.165) is 5.57 Å². The lowest BCUT2D eigenvalue weighted by atomic mass is 9.57. The Hall–Kier alpha value is -2.78. The summed E-state index contributed by atoms with van der Waals surface area (Å²) in [6.07, 6.45) is 1.83. The minimum atomic E-state index is -1.54. The van der Waals surface area contributed by atoms with E-state index in [1.165, 1.54) is 6.92 Å². The number of nitrogens with two attached hydrogens (primary N) is 1. The number of allylic oxidation sites excluding steroid dienone is 2. The summed E-state index contributed by atoms with van der Waals surface area (Å²) in [4.78, 5) is 13.4. The van der Waals surface area contributed by atoms with Gasteiger partial charge in [-0.2, -0.15) is 15.8 Å². The summed E-state index contributed by atoms with van der Waals surface area (Å²) in [6, 6.07) is 6.19. The molecule has 0 aromatic carbocycles. The Labute approximate surface area is 136 Å². The Balaban J connectivity index is 2.74. The number of nitriles is 3. The first kappa shape index (κ1) is 16.6. The van der Waals surface area contributed by atoms with Gasteiger partial charge in [0.2, 0.25) is 5.91 Å². The number of hydrogen-bond donors (Lipinski definition) is 1. The molecule has 0 saturated heterocycles. The predicted octanol–water partition coefficient (Wildman–Crippen LogP) is 1.45. The topological polar surface area (TPSA) is 118 Å². The van der Waals surface area contributed by atoms with E-state index in [9.17, 15) is 20.6 Å². The third-order valence-electron chi connectivity index (χ3n) is 4.89. The number of carbonyl (C=O) groups excluding carboxylic acids is 1. The van der Waals surface area contributed by atoms with Crippen LogP contribution in [0.1, 0.15) is 20.8 Å². The highest BCUT2D eigenvalue weighted by Crippen LogP contribution is 2.51. The van der Waals surface area contributed by atoms with Crippen LogP contribution in [0.15, 0.2) is 22.9 Å². The summed E-state index contributed by atoms with van der Waals surface area (Å²) in [7, 11) is 0. The first-order valence-corrected chi connectivity index (χ1v) is 7.52. The highest BCUT2D eigenvalue weighted by Gasteiger charge is 2.54. The van der Waals surface area contributed by atoms with Gasteiger partial charge < -0.3 is 10.6 Å². The number of rotatable bonds is 1. The molecule has 6 nitrogen and oxygen atoms in total. The molecule has 0 bridgehead atoms. The highest BCUT2D eigenvalue weighted by atomic mass is 16.2. The molecule has 6 heteroatoms. The lowest BCUT2D eigenvalue weighted by Gasteiger charge is -2.47. The molecule has 0 spiro atoms. The van der Waals surface area contributed by atoms with Gasteiger partial charge in [-0.25, -0.2) is 0 Å². The molecule has 23 heavy (non-hydrogen) atoms. The van der Waals surface area contributed by atoms with E-state index >= 15 is 0 Å². The van der Waals surface area contributed by atoms with Crippen molar-refractivity contribution in [2.24, 2.45) is 28.9 Å². The maximum atomic E-state index is 11.7. The molecule has 0 radical (unpaired) electrons. The zero-order valence-electron chi connectivity index (χ0n) is 13.5. The second kappa shape index (κ2) is 5.78. The van der Waals surface area contributed by atoms with Gasteiger partial charge in [0.05, 0.1) is 23.4 Å². The molecule has 0 aromatic heterocycles. The maximum absolute atomic E-state index is 11.7. The first-order valence-electron chi connectivity index (χ1n) is 7.52. The van der Waals surface area contributed by atoms with E-state index in [2.05, 4.69) is 18.2 Å². The van der Waals surface area contributed by atoms with E-state index in [1.54, 1.807) is 4.90 Å². The van der Waals surface area contributed by atoms with Crippen LogP contribution < -0.4 is 5.73 Å². The molecule has 1 aliphatic heterocycles. The van der Waals surface area contributed by atoms with Crippen molar-refractivity contribution in [1.82, 2.24) is 4.90 Å². The minimum Gasteiger partial charge on any atom is -0.399 e. The molecule has 2 N–H and O–H groups in total. The second-order valence-corrected chi connectivity index (χ2v) is 6.39. The number of nitrogens with zero attached hydrogens (tertiary/aromatic N) is 4. The van der Waals surface area contributed by atoms with Crippen molar-refractivity contribution in [1.29, 1.82) is 15.8 Å². The molecule has 0 aromatic rings. The van der Waals surface area contributed by atoms with E-state index in [4.69, 9.17) is 5.73 Å². The SMILES string of the molecule is CC(=O)N1CC=C2C(C#N)=C(N)C(C#N)(C#N)[C@@H](C(C)C)[C@H]2C1. The van der Waals surface area contributed by atoms with Crippen LogP contribution in [-0.2, 0) is 4.79 Å². The largest absolute Gasteiger partial charge is 0.399 e. The van der Waals surface area contributed by atoms with E-state index in [0.29, 0.717) is 13.1 Å². The predicted molar refractivity (Wildman–Crippen MR) is 82.6 cm³/mol. The number of fused-ring (bicyclic) bond motifs is 1. The quantitative estimate of drug-likeness (QED) is 0.786. The van der Waals surface area contributed by atoms with Crippen LogP contribution in [0.5, 0.6) is 0 Å². The van der Waals surface area contributed by atoms with Gasteiger partial charge in [0, 0.05) is 31.8 Å². The summed E-state index contributed by atoms with van der Waals surface area (Å²) in [5, 5.41) is 28.9. The molecular formula is C17H19N5O. The monoisotopic (exact) mass is 309 g/mol. The third kappa shape index (κ3) is 2.26. The number of hydrogen-bond acceptors (Lipinski definition) is 5. The van der Waals surface area contributed by atoms with Crippen molar-refractivity contribution in [2.45, 2.75) is 20.8 Å². The summed E-state index contributed by atoms with van der Waals surface area (Å²) in [5.74, 6) is -0.686. The lowest BCUT2D eigenvalue weighted by Crippen LogP contribution is -2.51. The van der Waals surface area contributed by atoms with E-state index in [1.807, 2.05) is 19.9 Å². The fourth-order valence-electron chi connectivity index (χ4n) is 3.84. The minimum absolute atomic E-state index is 0.00611. The molecule has 2 aliphatic rings. The average Bonchev–Trinajstić information content (AvgIpc) is 2.53. The van der Waals surface area contributed by atoms with E-state index < -0.39 is 5.41 Å². The van der Waals surface area contributed by atoms with Gasteiger partial charge in [0.25, 0.3) is 0 Å². The van der Waals surface area contributed by atoms with Crippen molar-refractivity contribution in [2.75, 3.05) is 13.1 Å². The van der Waals surface area contributed by atoms with Gasteiger partial charge in [0.15, 0.2) is 5.41 Å². The summed E-state index contributed by atoms with van der Waals surface area (Å²) < 4.78 is 0. The van der Waals surface area contributed by atoms with Gasteiger partial charge in [-0.3, -0.25) is 4.79 Å². The Morgan fingerprint density at radius 2 is 2.00 bits per heavy atom. The molecule has 0 saturated carbocycles. The molecule has 118 valence electrons. The van der Waals surface area contributed by atoms with Gasteiger partial charge in [-0.1, -0.05) is 19.9 Å². The molecule has 2 rings (SSSR count). The smallest absolute Gasteiger partial charge is 0.219 e. The summed E-state index contributed by atoms with van der Waals surface area (Å²) in [6.45, 7) is 6.17. The van der Waals surface area contributed by atoms with Crippen LogP contribution >= 0.6 is 0 Å². The molecule has 0 unspecified atom stereocenters. The van der Waals surface area contributed by atoms with Crippen molar-refractivity contribution in [3.63, 3.8) is 0 Å². The molecule has 1 amide bonds. The Bertz CT molecular complexity index is 712. The molecule has 0 fully saturated rings. The summed E-state index contributed by atoms with van der Waals surface area (Å²) in [5.41, 5.74) is 5.60. The van der Waals surface area contributed by atoms with Crippen molar-refractivity contribution in [3.8, 4) is 18.2 Å². The van der Waals surface area contributed by atoms with Crippen molar-refractivity contribution in [3.05, 3.63) is 22.9 Å². The zero-order valence-corrected chi connectivity index (χ0v) is 13.5. The van der Waals surface area contributed by atoms with Gasteiger partial charge in [0.1, 0.15) is 6.07 Å². The van der Waals surface area contributed by atoms with E-state index in [-0.39, 0.29) is 34.9 Å². The Morgan fingerprint density at radius 3 is 2.43 bits per heavy atom. The second-order valence-electron chi connectivity index (χ2n) is 6.39.